The molecule has 0 fully saturated rings. The number of carbonyl (C=O) groups excluding carboxylic acids is 2. The fourth-order valence-electron chi connectivity index (χ4n) is 1.44. The molecular weight excluding hydrogens is 302 g/mol. The zero-order valence-electron chi connectivity index (χ0n) is 14.2. The predicted molar refractivity (Wildman–Crippen MR) is 84.4 cm³/mol. The van der Waals surface area contributed by atoms with Crippen LogP contribution < -0.4 is 10.2 Å². The minimum absolute atomic E-state index is 0.111. The van der Waals surface area contributed by atoms with E-state index in [1.165, 1.54) is 12.3 Å². The van der Waals surface area contributed by atoms with E-state index in [1.807, 2.05) is 0 Å². The second kappa shape index (κ2) is 6.67. The Morgan fingerprint density at radius 3 is 2.17 bits per heavy atom. The largest absolute Gasteiger partial charge is 0.444 e. The van der Waals surface area contributed by atoms with Crippen LogP contribution in [-0.4, -0.2) is 39.5 Å². The number of carbonyl (C=O) groups is 2. The molecule has 128 valence electrons. The SMILES string of the molecule is CC(C)(C)OC(=O)NC(=N)N(C(=O)OC(C)(C)C)c1cc[nH]n1. The van der Waals surface area contributed by atoms with Crippen LogP contribution in [0.1, 0.15) is 41.5 Å². The molecule has 23 heavy (non-hydrogen) atoms. The summed E-state index contributed by atoms with van der Waals surface area (Å²) in [5.74, 6) is -0.416. The zero-order chi connectivity index (χ0) is 17.8. The Kier molecular flexibility index (Phi) is 5.36. The summed E-state index contributed by atoms with van der Waals surface area (Å²) >= 11 is 0. The number of ether oxygens (including phenoxy) is 2. The number of alkyl carbamates (subject to hydrolysis) is 1. The Bertz CT molecular complexity index is 569. The van der Waals surface area contributed by atoms with E-state index in [-0.39, 0.29) is 5.82 Å². The number of anilines is 1. The molecule has 0 spiro atoms. The van der Waals surface area contributed by atoms with Crippen molar-refractivity contribution >= 4 is 24.0 Å². The lowest BCUT2D eigenvalue weighted by molar-refractivity contribution is 0.0559. The topological polar surface area (TPSA) is 120 Å². The summed E-state index contributed by atoms with van der Waals surface area (Å²) < 4.78 is 10.3. The van der Waals surface area contributed by atoms with Crippen LogP contribution in [0.3, 0.4) is 0 Å². The Labute approximate surface area is 134 Å². The molecule has 1 aromatic rings. The summed E-state index contributed by atoms with van der Waals surface area (Å²) in [5, 5.41) is 16.5. The van der Waals surface area contributed by atoms with E-state index >= 15 is 0 Å². The smallest absolute Gasteiger partial charge is 0.423 e. The van der Waals surface area contributed by atoms with E-state index in [0.29, 0.717) is 0 Å². The second-order valence-corrected chi connectivity index (χ2v) is 6.72. The molecule has 3 N–H and O–H groups in total. The fourth-order valence-corrected chi connectivity index (χ4v) is 1.44. The minimum Gasteiger partial charge on any atom is -0.444 e. The van der Waals surface area contributed by atoms with Gasteiger partial charge in [-0.15, -0.1) is 0 Å². The van der Waals surface area contributed by atoms with Crippen molar-refractivity contribution in [1.82, 2.24) is 15.5 Å². The standard InChI is InChI=1S/C14H23N5O4/c1-13(2,3)22-11(20)17-10(15)19(9-7-8-16-18-9)12(21)23-14(4,5)6/h7-8H,1-6H3,(H,16,18)(H2,15,17,20). The van der Waals surface area contributed by atoms with E-state index < -0.39 is 29.3 Å². The lowest BCUT2D eigenvalue weighted by Gasteiger charge is -2.26. The molecule has 9 nitrogen and oxygen atoms in total. The second-order valence-electron chi connectivity index (χ2n) is 6.72. The van der Waals surface area contributed by atoms with Crippen LogP contribution in [0.25, 0.3) is 0 Å². The first-order chi connectivity index (χ1) is 10.4. The molecule has 0 saturated carbocycles. The van der Waals surface area contributed by atoms with E-state index in [0.717, 1.165) is 4.90 Å². The number of amides is 2. The summed E-state index contributed by atoms with van der Waals surface area (Å²) in [4.78, 5) is 24.9. The van der Waals surface area contributed by atoms with Crippen molar-refractivity contribution in [3.8, 4) is 0 Å². The molecule has 0 atom stereocenters. The lowest BCUT2D eigenvalue weighted by atomic mass is 10.2. The Morgan fingerprint density at radius 2 is 1.74 bits per heavy atom. The van der Waals surface area contributed by atoms with Crippen LogP contribution in [0.4, 0.5) is 15.4 Å². The minimum atomic E-state index is -0.855. The molecule has 1 rings (SSSR count). The number of nitrogens with zero attached hydrogens (tertiary/aromatic N) is 2. The van der Waals surface area contributed by atoms with Crippen molar-refractivity contribution in [3.05, 3.63) is 12.3 Å². The average Bonchev–Trinajstić information content (AvgIpc) is 2.76. The maximum absolute atomic E-state index is 12.3. The Balaban J connectivity index is 2.91. The predicted octanol–water partition coefficient (Wildman–Crippen LogP) is 2.61. The molecule has 9 heteroatoms. The van der Waals surface area contributed by atoms with Gasteiger partial charge in [0.1, 0.15) is 11.2 Å². The molecule has 0 aromatic carbocycles. The highest BCUT2D eigenvalue weighted by Gasteiger charge is 2.30. The summed E-state index contributed by atoms with van der Waals surface area (Å²) in [6.07, 6.45) is -0.217. The highest BCUT2D eigenvalue weighted by atomic mass is 16.6. The quantitative estimate of drug-likeness (QED) is 0.541. The zero-order valence-corrected chi connectivity index (χ0v) is 14.2. The number of hydrogen-bond acceptors (Lipinski definition) is 6. The number of H-pyrrole nitrogens is 1. The highest BCUT2D eigenvalue weighted by molar-refractivity contribution is 6.15. The number of aromatic nitrogens is 2. The lowest BCUT2D eigenvalue weighted by Crippen LogP contribution is -2.49. The average molecular weight is 325 g/mol. The number of hydrogen-bond donors (Lipinski definition) is 3. The normalized spacial score (nSPS) is 11.6. The Hall–Kier alpha value is -2.58. The van der Waals surface area contributed by atoms with Crippen LogP contribution in [-0.2, 0) is 9.47 Å². The van der Waals surface area contributed by atoms with Gasteiger partial charge in [0.2, 0.25) is 5.96 Å². The van der Waals surface area contributed by atoms with Gasteiger partial charge in [-0.2, -0.15) is 10.00 Å². The number of aromatic amines is 1. The highest BCUT2D eigenvalue weighted by Crippen LogP contribution is 2.16. The van der Waals surface area contributed by atoms with Gasteiger partial charge in [-0.3, -0.25) is 15.8 Å². The van der Waals surface area contributed by atoms with Crippen LogP contribution >= 0.6 is 0 Å². The van der Waals surface area contributed by atoms with Crippen LogP contribution in [0.2, 0.25) is 0 Å². The molecule has 0 radical (unpaired) electrons. The fraction of sp³-hybridized carbons (Fsp3) is 0.571. The first-order valence-corrected chi connectivity index (χ1v) is 7.00. The molecule has 0 unspecified atom stereocenters. The van der Waals surface area contributed by atoms with E-state index in [9.17, 15) is 9.59 Å². The monoisotopic (exact) mass is 325 g/mol. The molecule has 0 aliphatic heterocycles. The molecule has 0 aliphatic rings. The van der Waals surface area contributed by atoms with Gasteiger partial charge in [-0.1, -0.05) is 0 Å². The Morgan fingerprint density at radius 1 is 1.17 bits per heavy atom. The third kappa shape index (κ3) is 6.37. The van der Waals surface area contributed by atoms with Crippen molar-refractivity contribution in [3.63, 3.8) is 0 Å². The van der Waals surface area contributed by atoms with E-state index in [1.54, 1.807) is 41.5 Å². The van der Waals surface area contributed by atoms with Gasteiger partial charge in [-0.25, -0.2) is 9.59 Å². The molecule has 0 bridgehead atoms. The number of rotatable bonds is 1. The van der Waals surface area contributed by atoms with Crippen LogP contribution in [0, 0.1) is 5.41 Å². The number of guanidine groups is 1. The van der Waals surface area contributed by atoms with Crippen molar-refractivity contribution in [2.75, 3.05) is 4.90 Å². The van der Waals surface area contributed by atoms with Crippen molar-refractivity contribution in [2.45, 2.75) is 52.7 Å². The van der Waals surface area contributed by atoms with Gasteiger partial charge in [0, 0.05) is 12.3 Å². The number of nitrogens with one attached hydrogen (secondary N) is 3. The van der Waals surface area contributed by atoms with Gasteiger partial charge in [0.15, 0.2) is 5.82 Å². The summed E-state index contributed by atoms with van der Waals surface area (Å²) in [5.41, 5.74) is -1.49. The third-order valence-corrected chi connectivity index (χ3v) is 2.13. The van der Waals surface area contributed by atoms with Gasteiger partial charge in [-0.05, 0) is 41.5 Å². The van der Waals surface area contributed by atoms with Gasteiger partial charge >= 0.3 is 12.2 Å². The maximum Gasteiger partial charge on any atom is 0.423 e. The van der Waals surface area contributed by atoms with Crippen LogP contribution in [0.15, 0.2) is 12.3 Å². The maximum atomic E-state index is 12.3. The first-order valence-electron chi connectivity index (χ1n) is 7.00. The summed E-state index contributed by atoms with van der Waals surface area (Å²) in [7, 11) is 0. The van der Waals surface area contributed by atoms with Crippen molar-refractivity contribution in [2.24, 2.45) is 0 Å². The van der Waals surface area contributed by atoms with E-state index in [4.69, 9.17) is 14.9 Å². The molecule has 2 amide bonds. The summed E-state index contributed by atoms with van der Waals surface area (Å²) in [6.45, 7) is 10.1. The molecular formula is C14H23N5O4. The van der Waals surface area contributed by atoms with E-state index in [2.05, 4.69) is 15.5 Å². The first kappa shape index (κ1) is 18.5. The molecule has 0 saturated heterocycles. The van der Waals surface area contributed by atoms with Gasteiger partial charge in [0.25, 0.3) is 0 Å². The van der Waals surface area contributed by atoms with Crippen molar-refractivity contribution < 1.29 is 19.1 Å². The van der Waals surface area contributed by atoms with Gasteiger partial charge < -0.3 is 9.47 Å². The third-order valence-electron chi connectivity index (χ3n) is 2.13. The summed E-state index contributed by atoms with van der Waals surface area (Å²) in [6, 6.07) is 1.47. The van der Waals surface area contributed by atoms with Crippen molar-refractivity contribution in [1.29, 1.82) is 5.41 Å². The molecule has 1 aromatic heterocycles. The molecule has 1 heterocycles. The van der Waals surface area contributed by atoms with Crippen LogP contribution in [0.5, 0.6) is 0 Å². The molecule has 0 aliphatic carbocycles. The van der Waals surface area contributed by atoms with Gasteiger partial charge in [0.05, 0.1) is 0 Å².